The Hall–Kier alpha value is -1.26. The number of hydrogen-bond acceptors (Lipinski definition) is 3. The van der Waals surface area contributed by atoms with E-state index < -0.39 is 0 Å². The van der Waals surface area contributed by atoms with E-state index in [-0.39, 0.29) is 24.8 Å². The van der Waals surface area contributed by atoms with Crippen molar-refractivity contribution in [2.75, 3.05) is 20.3 Å². The number of fused-ring (bicyclic) bond motifs is 2. The zero-order valence-electron chi connectivity index (χ0n) is 18.4. The van der Waals surface area contributed by atoms with Crippen molar-refractivity contribution in [3.05, 3.63) is 64.7 Å². The molecule has 3 atom stereocenters. The molecule has 3 nitrogen and oxygen atoms in total. The van der Waals surface area contributed by atoms with Gasteiger partial charge in [0.15, 0.2) is 0 Å². The maximum Gasteiger partial charge on any atom is 0.142 e. The molecule has 6 rings (SSSR count). The molecule has 5 heteroatoms. The van der Waals surface area contributed by atoms with E-state index in [0.29, 0.717) is 12.1 Å². The summed E-state index contributed by atoms with van der Waals surface area (Å²) in [5, 5.41) is 0. The van der Waals surface area contributed by atoms with E-state index in [4.69, 9.17) is 4.74 Å². The highest BCUT2D eigenvalue weighted by molar-refractivity contribution is 5.85. The van der Waals surface area contributed by atoms with Crippen molar-refractivity contribution in [3.8, 4) is 5.75 Å². The van der Waals surface area contributed by atoms with Crippen LogP contribution in [0.2, 0.25) is 0 Å². The van der Waals surface area contributed by atoms with Gasteiger partial charge in [-0.3, -0.25) is 4.90 Å². The number of nitrogens with zero attached hydrogens (tertiary/aromatic N) is 2. The van der Waals surface area contributed by atoms with Gasteiger partial charge >= 0.3 is 0 Å². The Morgan fingerprint density at radius 2 is 1.87 bits per heavy atom. The number of rotatable bonds is 2. The van der Waals surface area contributed by atoms with E-state index >= 15 is 0 Å². The average molecular weight is 461 g/mol. The van der Waals surface area contributed by atoms with Crippen LogP contribution in [0.15, 0.2) is 42.5 Å². The molecular formula is C26H34Cl2N2O. The van der Waals surface area contributed by atoms with Gasteiger partial charge < -0.3 is 9.64 Å². The number of benzene rings is 2. The standard InChI is InChI=1S/C26H32N2O.2ClH/c1-27-12-11-26-10-6-5-9-22(26)24(27)14-20-13-21-17-28(16-19-7-3-2-4-8-19)18-29-25(21)15-23(20)26;;/h2-4,7-8,13,15,22,24H,5-6,9-12,14,16-18H2,1H3;2*1H/t22-,24+,26+;;/m0../s1. The van der Waals surface area contributed by atoms with Crippen molar-refractivity contribution in [2.24, 2.45) is 5.92 Å². The Bertz CT molecular complexity index is 921. The lowest BCUT2D eigenvalue weighted by molar-refractivity contribution is 0.00221. The molecule has 0 spiro atoms. The highest BCUT2D eigenvalue weighted by Gasteiger charge is 2.53. The van der Waals surface area contributed by atoms with Crippen LogP contribution in [0.3, 0.4) is 0 Å². The van der Waals surface area contributed by atoms with Crippen LogP contribution in [0, 0.1) is 5.92 Å². The fraction of sp³-hybridized carbons (Fsp3) is 0.538. The molecule has 1 saturated heterocycles. The highest BCUT2D eigenvalue weighted by Crippen LogP contribution is 2.56. The summed E-state index contributed by atoms with van der Waals surface area (Å²) < 4.78 is 6.33. The molecule has 1 saturated carbocycles. The Kier molecular flexibility index (Phi) is 6.61. The zero-order chi connectivity index (χ0) is 19.4. The van der Waals surface area contributed by atoms with Crippen molar-refractivity contribution in [1.29, 1.82) is 0 Å². The van der Waals surface area contributed by atoms with Gasteiger partial charge in [-0.25, -0.2) is 0 Å². The van der Waals surface area contributed by atoms with Gasteiger partial charge in [0.05, 0.1) is 0 Å². The Balaban J connectivity index is 0.00000116. The van der Waals surface area contributed by atoms with Crippen LogP contribution >= 0.6 is 24.8 Å². The van der Waals surface area contributed by atoms with Crippen LogP contribution < -0.4 is 4.74 Å². The first-order valence-corrected chi connectivity index (χ1v) is 11.5. The first-order chi connectivity index (χ1) is 14.2. The minimum atomic E-state index is 0. The summed E-state index contributed by atoms with van der Waals surface area (Å²) in [6.07, 6.45) is 8.17. The lowest BCUT2D eigenvalue weighted by Gasteiger charge is -2.58. The first-order valence-electron chi connectivity index (χ1n) is 11.5. The molecule has 2 fully saturated rings. The second-order valence-corrected chi connectivity index (χ2v) is 9.87. The molecule has 2 bridgehead atoms. The van der Waals surface area contributed by atoms with Crippen LogP contribution in [0.4, 0.5) is 0 Å². The monoisotopic (exact) mass is 460 g/mol. The second-order valence-electron chi connectivity index (χ2n) is 9.87. The van der Waals surface area contributed by atoms with E-state index in [1.807, 2.05) is 0 Å². The maximum absolute atomic E-state index is 6.33. The number of likely N-dealkylation sites (tertiary alicyclic amines) is 1. The van der Waals surface area contributed by atoms with Crippen LogP contribution in [-0.2, 0) is 24.9 Å². The van der Waals surface area contributed by atoms with Gasteiger partial charge in [-0.1, -0.05) is 49.2 Å². The average Bonchev–Trinajstić information content (AvgIpc) is 2.76. The molecule has 0 amide bonds. The molecule has 0 N–H and O–H groups in total. The van der Waals surface area contributed by atoms with Crippen molar-refractivity contribution in [1.82, 2.24) is 9.80 Å². The molecule has 0 aromatic heterocycles. The minimum absolute atomic E-state index is 0. The van der Waals surface area contributed by atoms with Gasteiger partial charge in [-0.2, -0.15) is 0 Å². The Morgan fingerprint density at radius 3 is 2.71 bits per heavy atom. The van der Waals surface area contributed by atoms with Crippen molar-refractivity contribution < 1.29 is 4.74 Å². The number of halogens is 2. The summed E-state index contributed by atoms with van der Waals surface area (Å²) in [5.41, 5.74) is 6.43. The first kappa shape index (κ1) is 22.9. The van der Waals surface area contributed by atoms with Crippen LogP contribution in [0.5, 0.6) is 5.75 Å². The third-order valence-corrected chi connectivity index (χ3v) is 8.34. The fourth-order valence-electron chi connectivity index (χ4n) is 6.94. The third kappa shape index (κ3) is 3.78. The molecule has 2 heterocycles. The van der Waals surface area contributed by atoms with Crippen LogP contribution in [0.1, 0.15) is 54.4 Å². The summed E-state index contributed by atoms with van der Waals surface area (Å²) in [6.45, 7) is 3.90. The quantitative estimate of drug-likeness (QED) is 0.582. The van der Waals surface area contributed by atoms with Crippen molar-refractivity contribution >= 4 is 24.8 Å². The summed E-state index contributed by atoms with van der Waals surface area (Å²) in [7, 11) is 2.36. The minimum Gasteiger partial charge on any atom is -0.478 e. The van der Waals surface area contributed by atoms with Gasteiger partial charge in [0.2, 0.25) is 0 Å². The van der Waals surface area contributed by atoms with Crippen molar-refractivity contribution in [3.63, 3.8) is 0 Å². The summed E-state index contributed by atoms with van der Waals surface area (Å²) in [4.78, 5) is 5.08. The highest BCUT2D eigenvalue weighted by atomic mass is 35.5. The number of likely N-dealkylation sites (N-methyl/N-ethyl adjacent to an activating group) is 1. The lowest BCUT2D eigenvalue weighted by atomic mass is 9.52. The smallest absolute Gasteiger partial charge is 0.142 e. The van der Waals surface area contributed by atoms with E-state index in [0.717, 1.165) is 30.8 Å². The predicted octanol–water partition coefficient (Wildman–Crippen LogP) is 5.57. The number of hydrogen-bond donors (Lipinski definition) is 0. The van der Waals surface area contributed by atoms with Gasteiger partial charge in [0, 0.05) is 30.1 Å². The predicted molar refractivity (Wildman–Crippen MR) is 130 cm³/mol. The largest absolute Gasteiger partial charge is 0.478 e. The number of piperidine rings is 1. The lowest BCUT2D eigenvalue weighted by Crippen LogP contribution is -2.59. The summed E-state index contributed by atoms with van der Waals surface area (Å²) >= 11 is 0. The van der Waals surface area contributed by atoms with E-state index in [1.54, 1.807) is 11.1 Å². The van der Waals surface area contributed by atoms with Gasteiger partial charge in [0.25, 0.3) is 0 Å². The van der Waals surface area contributed by atoms with Gasteiger partial charge in [-0.05, 0) is 68.0 Å². The fourth-order valence-corrected chi connectivity index (χ4v) is 6.94. The van der Waals surface area contributed by atoms with Gasteiger partial charge in [-0.15, -0.1) is 24.8 Å². The van der Waals surface area contributed by atoms with Gasteiger partial charge in [0.1, 0.15) is 12.5 Å². The Labute approximate surface area is 199 Å². The molecule has 168 valence electrons. The van der Waals surface area contributed by atoms with Crippen molar-refractivity contribution in [2.45, 2.75) is 63.1 Å². The van der Waals surface area contributed by atoms with E-state index in [9.17, 15) is 0 Å². The molecule has 2 aromatic rings. The topological polar surface area (TPSA) is 15.7 Å². The van der Waals surface area contributed by atoms with E-state index in [2.05, 4.69) is 59.3 Å². The summed E-state index contributed by atoms with van der Waals surface area (Å²) in [5.74, 6) is 2.00. The molecular weight excluding hydrogens is 427 g/mol. The molecule has 2 aliphatic carbocycles. The molecule has 31 heavy (non-hydrogen) atoms. The SMILES string of the molecule is CN1CC[C@]23CCCC[C@H]2[C@H]1Cc1cc2c(cc13)OCN(Cc1ccccc1)C2.Cl.Cl. The molecule has 2 aliphatic heterocycles. The maximum atomic E-state index is 6.33. The molecule has 0 radical (unpaired) electrons. The normalized spacial score (nSPS) is 29.3. The molecule has 0 unspecified atom stereocenters. The number of ether oxygens (including phenoxy) is 1. The molecule has 2 aromatic carbocycles. The summed E-state index contributed by atoms with van der Waals surface area (Å²) in [6, 6.07) is 16.5. The third-order valence-electron chi connectivity index (χ3n) is 8.34. The van der Waals surface area contributed by atoms with Crippen LogP contribution in [0.25, 0.3) is 0 Å². The second kappa shape index (κ2) is 8.94. The van der Waals surface area contributed by atoms with Crippen LogP contribution in [-0.4, -0.2) is 36.2 Å². The zero-order valence-corrected chi connectivity index (χ0v) is 20.0. The van der Waals surface area contributed by atoms with E-state index in [1.165, 1.54) is 56.2 Å². The Morgan fingerprint density at radius 1 is 1.03 bits per heavy atom. The molecule has 4 aliphatic rings.